The van der Waals surface area contributed by atoms with Crippen molar-refractivity contribution in [3.05, 3.63) is 52.1 Å². The third-order valence-electron chi connectivity index (χ3n) is 3.36. The predicted molar refractivity (Wildman–Crippen MR) is 89.9 cm³/mol. The lowest BCUT2D eigenvalue weighted by atomic mass is 10.2. The van der Waals surface area contributed by atoms with Gasteiger partial charge in [0.15, 0.2) is 5.11 Å². The van der Waals surface area contributed by atoms with Crippen molar-refractivity contribution in [1.82, 2.24) is 15.2 Å². The largest absolute Gasteiger partial charge is 0.456 e. The Morgan fingerprint density at radius 1 is 1.45 bits per heavy atom. The summed E-state index contributed by atoms with van der Waals surface area (Å²) in [4.78, 5) is 13.2. The highest BCUT2D eigenvalue weighted by atomic mass is 32.1. The average molecular weight is 333 g/mol. The third kappa shape index (κ3) is 3.05. The van der Waals surface area contributed by atoms with Crippen LogP contribution in [0.1, 0.15) is 11.8 Å². The molecule has 2 N–H and O–H groups in total. The molecule has 0 radical (unpaired) electrons. The highest BCUT2D eigenvalue weighted by Crippen LogP contribution is 2.22. The number of ether oxygens (including phenoxy) is 1. The zero-order valence-corrected chi connectivity index (χ0v) is 13.6. The molecule has 0 unspecified atom stereocenters. The van der Waals surface area contributed by atoms with Crippen LogP contribution < -0.4 is 10.6 Å². The zero-order valence-electron chi connectivity index (χ0n) is 12.0. The van der Waals surface area contributed by atoms with E-state index in [4.69, 9.17) is 17.0 Å². The number of carbonyl (C=O) groups excluding carboxylic acids is 1. The highest BCUT2D eigenvalue weighted by Gasteiger charge is 2.20. The Labute approximate surface area is 137 Å². The molecule has 2 aromatic rings. The van der Waals surface area contributed by atoms with E-state index in [0.717, 1.165) is 16.3 Å². The molecule has 2 aromatic heterocycles. The van der Waals surface area contributed by atoms with Crippen molar-refractivity contribution >= 4 is 34.6 Å². The summed E-state index contributed by atoms with van der Waals surface area (Å²) in [6.45, 7) is 2.47. The van der Waals surface area contributed by atoms with Gasteiger partial charge in [-0.1, -0.05) is 0 Å². The first-order chi connectivity index (χ1) is 10.6. The van der Waals surface area contributed by atoms with Gasteiger partial charge >= 0.3 is 5.97 Å². The van der Waals surface area contributed by atoms with Gasteiger partial charge in [-0.05, 0) is 42.7 Å². The van der Waals surface area contributed by atoms with Crippen molar-refractivity contribution < 1.29 is 9.53 Å². The van der Waals surface area contributed by atoms with Gasteiger partial charge in [0, 0.05) is 18.1 Å². The van der Waals surface area contributed by atoms with Gasteiger partial charge in [-0.2, -0.15) is 0 Å². The van der Waals surface area contributed by atoms with Gasteiger partial charge in [0.1, 0.15) is 6.61 Å². The van der Waals surface area contributed by atoms with Crippen LogP contribution in [0.15, 0.2) is 47.2 Å². The first-order valence-corrected chi connectivity index (χ1v) is 8.05. The number of hydrogen-bond donors (Lipinski definition) is 2. The Balaban J connectivity index is 1.69. The molecule has 1 aliphatic rings. The van der Waals surface area contributed by atoms with Crippen LogP contribution in [0, 0.1) is 0 Å². The third-order valence-corrected chi connectivity index (χ3v) is 4.49. The summed E-state index contributed by atoms with van der Waals surface area (Å²) in [5.41, 5.74) is 2.35. The molecule has 1 aliphatic heterocycles. The van der Waals surface area contributed by atoms with E-state index >= 15 is 0 Å². The van der Waals surface area contributed by atoms with Crippen LogP contribution in [0.4, 0.5) is 0 Å². The molecule has 3 rings (SSSR count). The molecule has 0 aromatic carbocycles. The lowest BCUT2D eigenvalue weighted by Gasteiger charge is -2.20. The van der Waals surface area contributed by atoms with E-state index in [0.29, 0.717) is 17.2 Å². The molecule has 0 amide bonds. The molecule has 0 bridgehead atoms. The number of rotatable bonds is 4. The van der Waals surface area contributed by atoms with Crippen molar-refractivity contribution in [2.45, 2.75) is 13.5 Å². The first-order valence-electron chi connectivity index (χ1n) is 6.76. The van der Waals surface area contributed by atoms with Gasteiger partial charge in [-0.25, -0.2) is 4.79 Å². The van der Waals surface area contributed by atoms with Crippen LogP contribution in [-0.4, -0.2) is 22.2 Å². The second-order valence-corrected chi connectivity index (χ2v) is 6.22. The monoisotopic (exact) mass is 333 g/mol. The van der Waals surface area contributed by atoms with Gasteiger partial charge < -0.3 is 19.9 Å². The number of thiophene rings is 1. The summed E-state index contributed by atoms with van der Waals surface area (Å²) in [5.74, 6) is -0.327. The topological polar surface area (TPSA) is 55.3 Å². The number of esters is 1. The number of allylic oxidation sites excluding steroid dienone is 1. The van der Waals surface area contributed by atoms with Crippen LogP contribution in [0.5, 0.6) is 0 Å². The molecule has 0 aliphatic carbocycles. The van der Waals surface area contributed by atoms with Gasteiger partial charge in [0.05, 0.1) is 22.7 Å². The smallest absolute Gasteiger partial charge is 0.337 e. The fourth-order valence-electron chi connectivity index (χ4n) is 2.20. The SMILES string of the molecule is CC1=C(C(=O)OCc2sccc2-n2cccc2)CNC(=S)N1. The summed E-state index contributed by atoms with van der Waals surface area (Å²) in [5, 5.41) is 8.39. The molecule has 0 fully saturated rings. The second kappa shape index (κ2) is 6.33. The Hall–Kier alpha value is -2.12. The summed E-state index contributed by atoms with van der Waals surface area (Å²) in [7, 11) is 0. The van der Waals surface area contributed by atoms with Crippen molar-refractivity contribution in [2.24, 2.45) is 0 Å². The quantitative estimate of drug-likeness (QED) is 0.664. The summed E-state index contributed by atoms with van der Waals surface area (Å²) < 4.78 is 7.45. The molecule has 0 atom stereocenters. The van der Waals surface area contributed by atoms with Crippen molar-refractivity contribution in [3.63, 3.8) is 0 Å². The highest BCUT2D eigenvalue weighted by molar-refractivity contribution is 7.80. The number of thiocarbonyl (C=S) groups is 1. The number of carbonyl (C=O) groups is 1. The van der Waals surface area contributed by atoms with Gasteiger partial charge in [-0.15, -0.1) is 11.3 Å². The summed E-state index contributed by atoms with van der Waals surface area (Å²) in [6.07, 6.45) is 3.94. The molecular formula is C15H15N3O2S2. The fraction of sp³-hybridized carbons (Fsp3) is 0.200. The number of hydrogen-bond acceptors (Lipinski definition) is 4. The van der Waals surface area contributed by atoms with Crippen molar-refractivity contribution in [3.8, 4) is 5.69 Å². The molecular weight excluding hydrogens is 318 g/mol. The van der Waals surface area contributed by atoms with Crippen LogP contribution >= 0.6 is 23.6 Å². The van der Waals surface area contributed by atoms with Gasteiger partial charge in [0.2, 0.25) is 0 Å². The predicted octanol–water partition coefficient (Wildman–Crippen LogP) is 2.33. The molecule has 7 heteroatoms. The summed E-state index contributed by atoms with van der Waals surface area (Å²) >= 11 is 6.58. The molecule has 0 saturated carbocycles. The van der Waals surface area contributed by atoms with Crippen LogP contribution in [0.2, 0.25) is 0 Å². The van der Waals surface area contributed by atoms with E-state index in [9.17, 15) is 4.79 Å². The minimum absolute atomic E-state index is 0.255. The Kier molecular flexibility index (Phi) is 4.26. The molecule has 0 spiro atoms. The van der Waals surface area contributed by atoms with Crippen molar-refractivity contribution in [1.29, 1.82) is 0 Å². The normalized spacial score (nSPS) is 14.5. The minimum Gasteiger partial charge on any atom is -0.456 e. The summed E-state index contributed by atoms with van der Waals surface area (Å²) in [6, 6.07) is 5.94. The lowest BCUT2D eigenvalue weighted by Crippen LogP contribution is -2.42. The lowest BCUT2D eigenvalue weighted by molar-refractivity contribution is -0.140. The fourth-order valence-corrected chi connectivity index (χ4v) is 3.21. The Morgan fingerprint density at radius 3 is 2.95 bits per heavy atom. The van der Waals surface area contributed by atoms with E-state index in [2.05, 4.69) is 10.6 Å². The minimum atomic E-state index is -0.327. The number of nitrogens with zero attached hydrogens (tertiary/aromatic N) is 1. The van der Waals surface area contributed by atoms with Crippen LogP contribution in [0.3, 0.4) is 0 Å². The second-order valence-electron chi connectivity index (χ2n) is 4.81. The molecule has 0 saturated heterocycles. The van der Waals surface area contributed by atoms with E-state index < -0.39 is 0 Å². The number of aromatic nitrogens is 1. The first kappa shape index (κ1) is 14.8. The average Bonchev–Trinajstić information content (AvgIpc) is 3.15. The zero-order chi connectivity index (χ0) is 15.5. The maximum atomic E-state index is 12.2. The van der Waals surface area contributed by atoms with E-state index in [1.807, 2.05) is 47.5 Å². The van der Waals surface area contributed by atoms with Crippen LogP contribution in [0.25, 0.3) is 5.69 Å². The molecule has 5 nitrogen and oxygen atoms in total. The van der Waals surface area contributed by atoms with Crippen LogP contribution in [-0.2, 0) is 16.1 Å². The maximum absolute atomic E-state index is 12.2. The van der Waals surface area contributed by atoms with Gasteiger partial charge in [0.25, 0.3) is 0 Å². The molecule has 114 valence electrons. The molecule has 3 heterocycles. The van der Waals surface area contributed by atoms with E-state index in [1.54, 1.807) is 11.3 Å². The molecule has 22 heavy (non-hydrogen) atoms. The Morgan fingerprint density at radius 2 is 2.23 bits per heavy atom. The van der Waals surface area contributed by atoms with Crippen molar-refractivity contribution in [2.75, 3.05) is 6.54 Å². The number of nitrogens with one attached hydrogen (secondary N) is 2. The Bertz CT molecular complexity index is 732. The standard InChI is InChI=1S/C15H15N3O2S2/c1-10-11(8-16-15(21)17-10)14(19)20-9-13-12(4-7-22-13)18-5-2-3-6-18/h2-7H,8-9H2,1H3,(H2,16,17,21). The van der Waals surface area contributed by atoms with Gasteiger partial charge in [-0.3, -0.25) is 0 Å². The van der Waals surface area contributed by atoms with E-state index in [-0.39, 0.29) is 12.6 Å². The van der Waals surface area contributed by atoms with E-state index in [1.165, 1.54) is 0 Å². The maximum Gasteiger partial charge on any atom is 0.337 e.